The Bertz CT molecular complexity index is 436. The maximum absolute atomic E-state index is 11.6. The number of thioether (sulfide) groups is 1. The van der Waals surface area contributed by atoms with Gasteiger partial charge in [0, 0.05) is 18.4 Å². The molecule has 0 bridgehead atoms. The molecule has 17 heavy (non-hydrogen) atoms. The summed E-state index contributed by atoms with van der Waals surface area (Å²) in [5.41, 5.74) is 3.24. The molecule has 1 aliphatic heterocycles. The van der Waals surface area contributed by atoms with E-state index in [0.717, 1.165) is 5.56 Å². The molecule has 0 saturated carbocycles. The summed E-state index contributed by atoms with van der Waals surface area (Å²) in [6, 6.07) is 3.46. The Kier molecular flexibility index (Phi) is 3.60. The predicted octanol–water partition coefficient (Wildman–Crippen LogP) is 0.953. The van der Waals surface area contributed by atoms with Crippen LogP contribution in [0.3, 0.4) is 0 Å². The molecule has 7 heteroatoms. The van der Waals surface area contributed by atoms with Gasteiger partial charge in [-0.2, -0.15) is 0 Å². The maximum atomic E-state index is 11.6. The van der Waals surface area contributed by atoms with Crippen LogP contribution in [0.5, 0.6) is 0 Å². The minimum absolute atomic E-state index is 0.132. The fourth-order valence-electron chi connectivity index (χ4n) is 1.53. The quantitative estimate of drug-likeness (QED) is 0.615. The van der Waals surface area contributed by atoms with E-state index in [-0.39, 0.29) is 17.7 Å². The lowest BCUT2D eigenvalue weighted by Crippen LogP contribution is -2.37. The van der Waals surface area contributed by atoms with Crippen LogP contribution in [0, 0.1) is 0 Å². The Morgan fingerprint density at radius 1 is 1.53 bits per heavy atom. The summed E-state index contributed by atoms with van der Waals surface area (Å²) in [6.07, 6.45) is 1.99. The standard InChI is InChI=1S/C10H12N4O2S/c11-13-8-5-7(1-3-12-8)6-14-9(15)2-4-17-10(14)16/h1,3,5H,2,4,6,11H2,(H,12,13). The molecule has 1 fully saturated rings. The molecule has 90 valence electrons. The topological polar surface area (TPSA) is 88.3 Å². The van der Waals surface area contributed by atoms with Gasteiger partial charge in [-0.3, -0.25) is 14.5 Å². The summed E-state index contributed by atoms with van der Waals surface area (Å²) in [5, 5.41) is -0.194. The number of pyridine rings is 1. The first-order chi connectivity index (χ1) is 8.20. The van der Waals surface area contributed by atoms with E-state index in [0.29, 0.717) is 18.0 Å². The molecule has 2 heterocycles. The minimum atomic E-state index is -0.194. The summed E-state index contributed by atoms with van der Waals surface area (Å²) in [4.78, 5) is 28.4. The molecule has 0 spiro atoms. The smallest absolute Gasteiger partial charge is 0.288 e. The fourth-order valence-corrected chi connectivity index (χ4v) is 2.30. The van der Waals surface area contributed by atoms with E-state index >= 15 is 0 Å². The average Bonchev–Trinajstić information content (AvgIpc) is 2.34. The highest BCUT2D eigenvalue weighted by molar-refractivity contribution is 8.13. The van der Waals surface area contributed by atoms with Crippen molar-refractivity contribution in [3.05, 3.63) is 23.9 Å². The van der Waals surface area contributed by atoms with E-state index < -0.39 is 0 Å². The average molecular weight is 252 g/mol. The normalized spacial score (nSPS) is 16.2. The summed E-state index contributed by atoms with van der Waals surface area (Å²) in [6.45, 7) is 0.266. The number of imide groups is 1. The number of carbonyl (C=O) groups is 2. The Morgan fingerprint density at radius 2 is 2.35 bits per heavy atom. The first kappa shape index (κ1) is 11.9. The van der Waals surface area contributed by atoms with E-state index in [1.54, 1.807) is 18.3 Å². The van der Waals surface area contributed by atoms with Crippen molar-refractivity contribution in [3.63, 3.8) is 0 Å². The van der Waals surface area contributed by atoms with Crippen molar-refractivity contribution < 1.29 is 9.59 Å². The number of nitrogens with zero attached hydrogens (tertiary/aromatic N) is 2. The van der Waals surface area contributed by atoms with Crippen LogP contribution < -0.4 is 11.3 Å². The summed E-state index contributed by atoms with van der Waals surface area (Å²) in [7, 11) is 0. The molecule has 0 aliphatic carbocycles. The van der Waals surface area contributed by atoms with Crippen molar-refractivity contribution in [2.24, 2.45) is 5.84 Å². The number of carbonyl (C=O) groups excluding carboxylic acids is 2. The maximum Gasteiger partial charge on any atom is 0.288 e. The van der Waals surface area contributed by atoms with Crippen LogP contribution in [0.15, 0.2) is 18.3 Å². The first-order valence-electron chi connectivity index (χ1n) is 5.09. The third kappa shape index (κ3) is 2.75. The van der Waals surface area contributed by atoms with Gasteiger partial charge < -0.3 is 5.43 Å². The monoisotopic (exact) mass is 252 g/mol. The van der Waals surface area contributed by atoms with E-state index in [2.05, 4.69) is 10.4 Å². The van der Waals surface area contributed by atoms with E-state index in [9.17, 15) is 9.59 Å². The Hall–Kier alpha value is -1.60. The molecule has 0 aromatic carbocycles. The van der Waals surface area contributed by atoms with Crippen LogP contribution in [0.1, 0.15) is 12.0 Å². The van der Waals surface area contributed by atoms with Crippen LogP contribution in [0.25, 0.3) is 0 Å². The molecule has 2 amide bonds. The third-order valence-corrected chi connectivity index (χ3v) is 3.25. The van der Waals surface area contributed by atoms with Crippen molar-refractivity contribution in [1.82, 2.24) is 9.88 Å². The third-order valence-electron chi connectivity index (χ3n) is 2.38. The Labute approximate surface area is 103 Å². The van der Waals surface area contributed by atoms with Crippen LogP contribution in [-0.2, 0) is 11.3 Å². The number of rotatable bonds is 3. The van der Waals surface area contributed by atoms with Crippen molar-refractivity contribution in [2.75, 3.05) is 11.2 Å². The van der Waals surface area contributed by atoms with Crippen LogP contribution >= 0.6 is 11.8 Å². The molecular formula is C10H12N4O2S. The molecule has 0 atom stereocenters. The van der Waals surface area contributed by atoms with E-state index in [4.69, 9.17) is 5.84 Å². The number of nitrogens with one attached hydrogen (secondary N) is 1. The van der Waals surface area contributed by atoms with Gasteiger partial charge in [-0.05, 0) is 17.7 Å². The lowest BCUT2D eigenvalue weighted by atomic mass is 10.2. The zero-order valence-corrected chi connectivity index (χ0v) is 9.87. The molecule has 1 aromatic heterocycles. The highest BCUT2D eigenvalue weighted by Crippen LogP contribution is 2.21. The van der Waals surface area contributed by atoms with Gasteiger partial charge in [-0.1, -0.05) is 11.8 Å². The molecule has 1 aliphatic rings. The van der Waals surface area contributed by atoms with Gasteiger partial charge in [0.25, 0.3) is 5.24 Å². The largest absolute Gasteiger partial charge is 0.308 e. The molecule has 1 saturated heterocycles. The molecule has 3 N–H and O–H groups in total. The second-order valence-electron chi connectivity index (χ2n) is 3.54. The van der Waals surface area contributed by atoms with Crippen LogP contribution in [0.4, 0.5) is 10.6 Å². The molecular weight excluding hydrogens is 240 g/mol. The lowest BCUT2D eigenvalue weighted by molar-refractivity contribution is -0.128. The zero-order chi connectivity index (χ0) is 12.3. The number of hydrogen-bond acceptors (Lipinski definition) is 6. The van der Waals surface area contributed by atoms with Crippen molar-refractivity contribution >= 4 is 28.7 Å². The number of aromatic nitrogens is 1. The molecule has 0 unspecified atom stereocenters. The predicted molar refractivity (Wildman–Crippen MR) is 65.1 cm³/mol. The Morgan fingerprint density at radius 3 is 3.06 bits per heavy atom. The highest BCUT2D eigenvalue weighted by atomic mass is 32.2. The number of nitrogen functional groups attached to an aromatic ring is 1. The fraction of sp³-hybridized carbons (Fsp3) is 0.300. The van der Waals surface area contributed by atoms with Gasteiger partial charge in [-0.15, -0.1) is 0 Å². The second-order valence-corrected chi connectivity index (χ2v) is 4.58. The second kappa shape index (κ2) is 5.15. The molecule has 1 aromatic rings. The van der Waals surface area contributed by atoms with Crippen molar-refractivity contribution in [3.8, 4) is 0 Å². The highest BCUT2D eigenvalue weighted by Gasteiger charge is 2.26. The van der Waals surface area contributed by atoms with Gasteiger partial charge in [0.2, 0.25) is 5.91 Å². The number of anilines is 1. The van der Waals surface area contributed by atoms with Gasteiger partial charge in [0.15, 0.2) is 0 Å². The van der Waals surface area contributed by atoms with E-state index in [1.807, 2.05) is 0 Å². The molecule has 0 radical (unpaired) electrons. The van der Waals surface area contributed by atoms with Crippen molar-refractivity contribution in [1.29, 1.82) is 0 Å². The van der Waals surface area contributed by atoms with Crippen LogP contribution in [-0.4, -0.2) is 26.8 Å². The molecule has 2 rings (SSSR count). The summed E-state index contributed by atoms with van der Waals surface area (Å²) < 4.78 is 0. The number of nitrogens with two attached hydrogens (primary N) is 1. The summed E-state index contributed by atoms with van der Waals surface area (Å²) in [5.74, 6) is 6.19. The summed E-state index contributed by atoms with van der Waals surface area (Å²) >= 11 is 1.17. The van der Waals surface area contributed by atoms with Gasteiger partial charge in [0.05, 0.1) is 6.54 Å². The SMILES string of the molecule is NNc1cc(CN2C(=O)CCSC2=O)ccn1. The number of hydrazine groups is 1. The Balaban J connectivity index is 2.13. The number of hydrogen-bond donors (Lipinski definition) is 2. The van der Waals surface area contributed by atoms with Gasteiger partial charge in [-0.25, -0.2) is 10.8 Å². The zero-order valence-electron chi connectivity index (χ0n) is 9.05. The first-order valence-corrected chi connectivity index (χ1v) is 6.08. The van der Waals surface area contributed by atoms with Crippen molar-refractivity contribution in [2.45, 2.75) is 13.0 Å². The lowest BCUT2D eigenvalue weighted by Gasteiger charge is -2.24. The minimum Gasteiger partial charge on any atom is -0.308 e. The molecule has 6 nitrogen and oxygen atoms in total. The number of amides is 2. The van der Waals surface area contributed by atoms with Crippen LogP contribution in [0.2, 0.25) is 0 Å². The van der Waals surface area contributed by atoms with E-state index in [1.165, 1.54) is 16.7 Å². The van der Waals surface area contributed by atoms with Gasteiger partial charge >= 0.3 is 0 Å². The van der Waals surface area contributed by atoms with Gasteiger partial charge in [0.1, 0.15) is 5.82 Å².